The predicted molar refractivity (Wildman–Crippen MR) is 59.8 cm³/mol. The number of rotatable bonds is 5. The summed E-state index contributed by atoms with van der Waals surface area (Å²) >= 11 is 0. The van der Waals surface area contributed by atoms with Gasteiger partial charge < -0.3 is 14.2 Å². The lowest BCUT2D eigenvalue weighted by molar-refractivity contribution is -0.386. The predicted octanol–water partition coefficient (Wildman–Crippen LogP) is 1.61. The largest absolute Gasteiger partial charge is 0.574 e. The molecule has 1 aromatic rings. The van der Waals surface area contributed by atoms with Crippen molar-refractivity contribution in [3.05, 3.63) is 21.7 Å². The highest BCUT2D eigenvalue weighted by Crippen LogP contribution is 2.34. The number of ether oxygens (including phenoxy) is 3. The molecule has 1 rings (SSSR count). The smallest absolute Gasteiger partial charge is 0.476 e. The van der Waals surface area contributed by atoms with E-state index < -0.39 is 41.1 Å². The molecule has 0 N–H and O–H groups in total. The van der Waals surface area contributed by atoms with Crippen LogP contribution in [0, 0.1) is 10.1 Å². The van der Waals surface area contributed by atoms with E-state index >= 15 is 0 Å². The molecule has 0 fully saturated rings. The first kappa shape index (κ1) is 16.5. The number of aromatic nitrogens is 1. The standard InChI is InChI=1S/C10H9F3N2O6/c1-19-7(16)4-5-3-6(21-10(11,12)13)14-9(20-2)8(5)15(17)18/h3H,4H2,1-2H3. The number of carbonyl (C=O) groups is 1. The van der Waals surface area contributed by atoms with Crippen LogP contribution in [0.4, 0.5) is 18.9 Å². The van der Waals surface area contributed by atoms with Crippen LogP contribution in [-0.2, 0) is 16.0 Å². The lowest BCUT2D eigenvalue weighted by Crippen LogP contribution is -2.19. The Morgan fingerprint density at radius 1 is 1.43 bits per heavy atom. The van der Waals surface area contributed by atoms with E-state index in [-0.39, 0.29) is 5.56 Å². The van der Waals surface area contributed by atoms with Gasteiger partial charge in [0.05, 0.1) is 31.1 Å². The van der Waals surface area contributed by atoms with Crippen LogP contribution in [0.3, 0.4) is 0 Å². The third kappa shape index (κ3) is 4.47. The molecule has 116 valence electrons. The molecule has 0 atom stereocenters. The molecule has 0 amide bonds. The van der Waals surface area contributed by atoms with Crippen molar-refractivity contribution in [1.29, 1.82) is 0 Å². The topological polar surface area (TPSA) is 101 Å². The van der Waals surface area contributed by atoms with Gasteiger partial charge in [0, 0.05) is 6.07 Å². The molecule has 0 bridgehead atoms. The highest BCUT2D eigenvalue weighted by atomic mass is 19.4. The fraction of sp³-hybridized carbons (Fsp3) is 0.400. The monoisotopic (exact) mass is 310 g/mol. The van der Waals surface area contributed by atoms with E-state index in [9.17, 15) is 28.1 Å². The van der Waals surface area contributed by atoms with Gasteiger partial charge in [0.15, 0.2) is 0 Å². The molecule has 0 aliphatic rings. The minimum atomic E-state index is -5.04. The van der Waals surface area contributed by atoms with E-state index in [4.69, 9.17) is 0 Å². The summed E-state index contributed by atoms with van der Waals surface area (Å²) in [5.41, 5.74) is -1.12. The van der Waals surface area contributed by atoms with Crippen molar-refractivity contribution < 1.29 is 37.1 Å². The third-order valence-corrected chi connectivity index (χ3v) is 2.17. The van der Waals surface area contributed by atoms with Crippen molar-refractivity contribution in [3.63, 3.8) is 0 Å². The molecule has 8 nitrogen and oxygen atoms in total. The molecule has 0 radical (unpaired) electrons. The Kier molecular flexibility index (Phi) is 4.89. The summed E-state index contributed by atoms with van der Waals surface area (Å²) in [5.74, 6) is -2.58. The van der Waals surface area contributed by atoms with Gasteiger partial charge in [-0.05, 0) is 0 Å². The Bertz CT molecular complexity index is 560. The van der Waals surface area contributed by atoms with E-state index in [0.29, 0.717) is 6.07 Å². The first-order valence-electron chi connectivity index (χ1n) is 5.22. The first-order chi connectivity index (χ1) is 9.67. The summed E-state index contributed by atoms with van der Waals surface area (Å²) in [5, 5.41) is 10.9. The maximum Gasteiger partial charge on any atom is 0.574 e. The number of nitro groups is 1. The molecule has 1 heterocycles. The second kappa shape index (κ2) is 6.24. The van der Waals surface area contributed by atoms with Crippen LogP contribution in [0.1, 0.15) is 5.56 Å². The quantitative estimate of drug-likeness (QED) is 0.462. The van der Waals surface area contributed by atoms with Gasteiger partial charge in [0.2, 0.25) is 5.88 Å². The van der Waals surface area contributed by atoms with Crippen LogP contribution in [0.25, 0.3) is 0 Å². The Morgan fingerprint density at radius 3 is 2.48 bits per heavy atom. The van der Waals surface area contributed by atoms with Crippen molar-refractivity contribution in [1.82, 2.24) is 4.98 Å². The summed E-state index contributed by atoms with van der Waals surface area (Å²) < 4.78 is 49.0. The van der Waals surface area contributed by atoms with Crippen LogP contribution in [0.2, 0.25) is 0 Å². The fourth-order valence-electron chi connectivity index (χ4n) is 1.41. The van der Waals surface area contributed by atoms with Gasteiger partial charge in [-0.1, -0.05) is 0 Å². The van der Waals surface area contributed by atoms with E-state index in [0.717, 1.165) is 14.2 Å². The van der Waals surface area contributed by atoms with Gasteiger partial charge in [-0.3, -0.25) is 14.9 Å². The minimum Gasteiger partial charge on any atom is -0.476 e. The van der Waals surface area contributed by atoms with Crippen LogP contribution < -0.4 is 9.47 Å². The first-order valence-corrected chi connectivity index (χ1v) is 5.22. The molecule has 21 heavy (non-hydrogen) atoms. The Hall–Kier alpha value is -2.59. The van der Waals surface area contributed by atoms with Crippen LogP contribution in [0.15, 0.2) is 6.07 Å². The third-order valence-electron chi connectivity index (χ3n) is 2.17. The fourth-order valence-corrected chi connectivity index (χ4v) is 1.41. The molecule has 0 aromatic carbocycles. The Morgan fingerprint density at radius 2 is 2.05 bits per heavy atom. The molecule has 1 aromatic heterocycles. The highest BCUT2D eigenvalue weighted by Gasteiger charge is 2.34. The number of hydrogen-bond donors (Lipinski definition) is 0. The maximum absolute atomic E-state index is 12.2. The van der Waals surface area contributed by atoms with Crippen molar-refractivity contribution in [2.24, 2.45) is 0 Å². The number of carbonyl (C=O) groups excluding carboxylic acids is 1. The lowest BCUT2D eigenvalue weighted by Gasteiger charge is -2.11. The summed E-state index contributed by atoms with van der Waals surface area (Å²) in [6.45, 7) is 0. The van der Waals surface area contributed by atoms with Crippen molar-refractivity contribution >= 4 is 11.7 Å². The number of halogens is 3. The Balaban J connectivity index is 3.37. The molecular formula is C10H9F3N2O6. The van der Waals surface area contributed by atoms with Crippen molar-refractivity contribution in [2.75, 3.05) is 14.2 Å². The zero-order valence-electron chi connectivity index (χ0n) is 10.8. The molecule has 0 aliphatic carbocycles. The van der Waals surface area contributed by atoms with E-state index in [2.05, 4.69) is 19.2 Å². The van der Waals surface area contributed by atoms with E-state index in [1.165, 1.54) is 0 Å². The van der Waals surface area contributed by atoms with Gasteiger partial charge >= 0.3 is 18.0 Å². The number of esters is 1. The molecule has 0 saturated carbocycles. The number of pyridine rings is 1. The summed E-state index contributed by atoms with van der Waals surface area (Å²) in [7, 11) is 2.01. The van der Waals surface area contributed by atoms with Gasteiger partial charge in [0.25, 0.3) is 5.88 Å². The Labute approximate surface area is 115 Å². The second-order valence-electron chi connectivity index (χ2n) is 3.54. The van der Waals surface area contributed by atoms with E-state index in [1.807, 2.05) is 0 Å². The van der Waals surface area contributed by atoms with Gasteiger partial charge in [-0.2, -0.15) is 4.98 Å². The number of methoxy groups -OCH3 is 2. The van der Waals surface area contributed by atoms with Gasteiger partial charge in [-0.15, -0.1) is 13.2 Å². The zero-order valence-corrected chi connectivity index (χ0v) is 10.8. The average Bonchev–Trinajstić information content (AvgIpc) is 2.35. The molecule has 0 saturated heterocycles. The van der Waals surface area contributed by atoms with Crippen LogP contribution >= 0.6 is 0 Å². The number of hydrogen-bond acceptors (Lipinski definition) is 7. The maximum atomic E-state index is 12.2. The normalized spacial score (nSPS) is 10.9. The molecular weight excluding hydrogens is 301 g/mol. The molecule has 0 unspecified atom stereocenters. The second-order valence-corrected chi connectivity index (χ2v) is 3.54. The van der Waals surface area contributed by atoms with E-state index in [1.54, 1.807) is 0 Å². The SMILES string of the molecule is COC(=O)Cc1cc(OC(F)(F)F)nc(OC)c1[N+](=O)[O-]. The van der Waals surface area contributed by atoms with Gasteiger partial charge in [-0.25, -0.2) is 0 Å². The lowest BCUT2D eigenvalue weighted by atomic mass is 10.1. The average molecular weight is 310 g/mol. The van der Waals surface area contributed by atoms with Crippen molar-refractivity contribution in [3.8, 4) is 11.8 Å². The van der Waals surface area contributed by atoms with Crippen LogP contribution in [-0.4, -0.2) is 36.5 Å². The summed E-state index contributed by atoms with van der Waals surface area (Å²) in [4.78, 5) is 24.4. The highest BCUT2D eigenvalue weighted by molar-refractivity contribution is 5.75. The summed E-state index contributed by atoms with van der Waals surface area (Å²) in [6.07, 6.45) is -5.68. The minimum absolute atomic E-state index is 0.377. The van der Waals surface area contributed by atoms with Crippen LogP contribution in [0.5, 0.6) is 11.8 Å². The van der Waals surface area contributed by atoms with Gasteiger partial charge in [0.1, 0.15) is 0 Å². The zero-order chi connectivity index (χ0) is 16.2. The number of nitrogens with zero attached hydrogens (tertiary/aromatic N) is 2. The molecule has 0 spiro atoms. The summed E-state index contributed by atoms with van der Waals surface area (Å²) in [6, 6.07) is 0.630. The molecule has 11 heteroatoms. The number of alkyl halides is 3. The molecule has 0 aliphatic heterocycles. The van der Waals surface area contributed by atoms with Crippen molar-refractivity contribution in [2.45, 2.75) is 12.8 Å².